The van der Waals surface area contributed by atoms with Crippen LogP contribution in [0.5, 0.6) is 0 Å². The average Bonchev–Trinajstić information content (AvgIpc) is 2.56. The van der Waals surface area contributed by atoms with Gasteiger partial charge in [-0.2, -0.15) is 0 Å². The maximum absolute atomic E-state index is 12.2. The van der Waals surface area contributed by atoms with Gasteiger partial charge in [-0.15, -0.1) is 0 Å². The maximum Gasteiger partial charge on any atom is 0.251 e. The van der Waals surface area contributed by atoms with Crippen LogP contribution in [0.1, 0.15) is 35.0 Å². The second kappa shape index (κ2) is 8.75. The van der Waals surface area contributed by atoms with Crippen LogP contribution in [-0.4, -0.2) is 29.3 Å². The third-order valence-corrected chi connectivity index (χ3v) is 3.60. The summed E-state index contributed by atoms with van der Waals surface area (Å²) in [5.41, 5.74) is 2.68. The molecule has 2 aromatic rings. The molecule has 0 radical (unpaired) electrons. The molecule has 0 fully saturated rings. The Morgan fingerprint density at radius 1 is 1.04 bits per heavy atom. The topological polar surface area (TPSA) is 100 Å². The van der Waals surface area contributed by atoms with Gasteiger partial charge >= 0.3 is 0 Å². The maximum atomic E-state index is 12.2. The Labute approximate surface area is 152 Å². The van der Waals surface area contributed by atoms with Crippen molar-refractivity contribution in [3.05, 3.63) is 53.2 Å². The van der Waals surface area contributed by atoms with Crippen molar-refractivity contribution >= 4 is 29.2 Å². The Morgan fingerprint density at radius 2 is 1.81 bits per heavy atom. The smallest absolute Gasteiger partial charge is 0.251 e. The van der Waals surface area contributed by atoms with Gasteiger partial charge in [-0.25, -0.2) is 4.98 Å². The number of carbonyl (C=O) groups is 3. The van der Waals surface area contributed by atoms with Crippen LogP contribution >= 0.6 is 0 Å². The van der Waals surface area contributed by atoms with Gasteiger partial charge in [0.05, 0.1) is 0 Å². The van der Waals surface area contributed by atoms with Crippen LogP contribution in [0.25, 0.3) is 0 Å². The lowest BCUT2D eigenvalue weighted by Crippen LogP contribution is -2.28. The molecule has 3 amide bonds. The van der Waals surface area contributed by atoms with Gasteiger partial charge in [-0.3, -0.25) is 14.4 Å². The zero-order valence-corrected chi connectivity index (χ0v) is 15.1. The molecule has 0 spiro atoms. The molecule has 0 aliphatic heterocycles. The first-order chi connectivity index (χ1) is 12.3. The van der Waals surface area contributed by atoms with E-state index in [9.17, 15) is 14.4 Å². The fraction of sp³-hybridized carbons (Fsp3) is 0.263. The van der Waals surface area contributed by atoms with Crippen molar-refractivity contribution in [1.29, 1.82) is 0 Å². The Morgan fingerprint density at radius 3 is 2.50 bits per heavy atom. The van der Waals surface area contributed by atoms with E-state index in [1.165, 1.54) is 6.92 Å². The molecule has 2 rings (SSSR count). The second-order valence-corrected chi connectivity index (χ2v) is 5.93. The molecular formula is C19H22N4O3. The van der Waals surface area contributed by atoms with Gasteiger partial charge in [0.1, 0.15) is 5.82 Å². The Balaban J connectivity index is 1.86. The van der Waals surface area contributed by atoms with E-state index in [4.69, 9.17) is 0 Å². The summed E-state index contributed by atoms with van der Waals surface area (Å²) in [7, 11) is 0. The molecule has 7 heteroatoms. The quantitative estimate of drug-likeness (QED) is 0.741. The van der Waals surface area contributed by atoms with Crippen LogP contribution in [0.4, 0.5) is 11.5 Å². The third-order valence-electron chi connectivity index (χ3n) is 3.60. The number of benzene rings is 1. The zero-order chi connectivity index (χ0) is 19.1. The summed E-state index contributed by atoms with van der Waals surface area (Å²) in [6, 6.07) is 10.4. The van der Waals surface area contributed by atoms with E-state index < -0.39 is 0 Å². The van der Waals surface area contributed by atoms with E-state index in [0.29, 0.717) is 17.1 Å². The van der Waals surface area contributed by atoms with Crippen LogP contribution in [-0.2, 0) is 9.59 Å². The predicted molar refractivity (Wildman–Crippen MR) is 100 cm³/mol. The number of nitrogens with zero attached hydrogens (tertiary/aromatic N) is 1. The molecule has 26 heavy (non-hydrogen) atoms. The van der Waals surface area contributed by atoms with Gasteiger partial charge in [-0.05, 0) is 43.7 Å². The summed E-state index contributed by atoms with van der Waals surface area (Å²) in [4.78, 5) is 39.5. The number of carbonyl (C=O) groups excluding carboxylic acids is 3. The highest BCUT2D eigenvalue weighted by atomic mass is 16.2. The van der Waals surface area contributed by atoms with Gasteiger partial charge in [0.2, 0.25) is 11.8 Å². The van der Waals surface area contributed by atoms with E-state index in [1.807, 2.05) is 26.0 Å². The van der Waals surface area contributed by atoms with Crippen LogP contribution in [0, 0.1) is 13.8 Å². The van der Waals surface area contributed by atoms with Gasteiger partial charge in [0, 0.05) is 36.8 Å². The molecule has 0 atom stereocenters. The molecule has 0 aliphatic carbocycles. The van der Waals surface area contributed by atoms with E-state index in [-0.39, 0.29) is 30.7 Å². The Kier molecular flexibility index (Phi) is 6.43. The number of pyridine rings is 1. The Hall–Kier alpha value is -3.22. The molecule has 7 nitrogen and oxygen atoms in total. The number of amides is 3. The molecule has 1 heterocycles. The molecule has 3 N–H and O–H groups in total. The number of rotatable bonds is 6. The third kappa shape index (κ3) is 5.70. The van der Waals surface area contributed by atoms with Crippen LogP contribution in [0.15, 0.2) is 36.4 Å². The molecular weight excluding hydrogens is 332 g/mol. The molecule has 0 saturated carbocycles. The van der Waals surface area contributed by atoms with Crippen molar-refractivity contribution in [3.8, 4) is 0 Å². The minimum absolute atomic E-state index is 0.131. The van der Waals surface area contributed by atoms with Crippen molar-refractivity contribution in [2.75, 3.05) is 17.2 Å². The number of hydrogen-bond donors (Lipinski definition) is 3. The van der Waals surface area contributed by atoms with E-state index in [0.717, 1.165) is 11.3 Å². The van der Waals surface area contributed by atoms with E-state index >= 15 is 0 Å². The first kappa shape index (κ1) is 19.1. The number of aromatic nitrogens is 1. The van der Waals surface area contributed by atoms with Gasteiger partial charge in [0.15, 0.2) is 0 Å². The predicted octanol–water partition coefficient (Wildman–Crippen LogP) is 2.42. The van der Waals surface area contributed by atoms with Crippen molar-refractivity contribution in [2.45, 2.75) is 27.2 Å². The number of hydrogen-bond acceptors (Lipinski definition) is 4. The fourth-order valence-corrected chi connectivity index (χ4v) is 2.30. The lowest BCUT2D eigenvalue weighted by atomic mass is 10.1. The molecule has 0 unspecified atom stereocenters. The largest absolute Gasteiger partial charge is 0.352 e. The summed E-state index contributed by atoms with van der Waals surface area (Å²) in [5, 5.41) is 8.06. The molecule has 0 bridgehead atoms. The van der Waals surface area contributed by atoms with Crippen LogP contribution in [0.2, 0.25) is 0 Å². The zero-order valence-electron chi connectivity index (χ0n) is 15.1. The lowest BCUT2D eigenvalue weighted by Gasteiger charge is -2.10. The molecule has 0 aliphatic rings. The first-order valence-corrected chi connectivity index (χ1v) is 8.25. The van der Waals surface area contributed by atoms with Crippen molar-refractivity contribution in [2.24, 2.45) is 0 Å². The van der Waals surface area contributed by atoms with E-state index in [2.05, 4.69) is 20.9 Å². The number of anilines is 2. The summed E-state index contributed by atoms with van der Waals surface area (Å²) >= 11 is 0. The second-order valence-electron chi connectivity index (χ2n) is 5.93. The molecule has 1 aromatic heterocycles. The summed E-state index contributed by atoms with van der Waals surface area (Å²) < 4.78 is 0. The van der Waals surface area contributed by atoms with Crippen molar-refractivity contribution in [1.82, 2.24) is 10.3 Å². The monoisotopic (exact) mass is 354 g/mol. The van der Waals surface area contributed by atoms with Gasteiger partial charge < -0.3 is 16.0 Å². The first-order valence-electron chi connectivity index (χ1n) is 8.25. The van der Waals surface area contributed by atoms with Crippen LogP contribution in [0.3, 0.4) is 0 Å². The highest BCUT2D eigenvalue weighted by Gasteiger charge is 2.10. The number of aryl methyl sites for hydroxylation is 2. The van der Waals surface area contributed by atoms with Gasteiger partial charge in [-0.1, -0.05) is 12.1 Å². The lowest BCUT2D eigenvalue weighted by molar-refractivity contribution is -0.116. The standard InChI is InChI=1S/C19H22N4O3/c1-12-7-8-15(11-16(12)22-14(3)24)19(26)20-10-9-18(25)23-17-6-4-5-13(2)21-17/h4-8,11H,9-10H2,1-3H3,(H,20,26)(H,22,24)(H,21,23,25). The minimum Gasteiger partial charge on any atom is -0.352 e. The summed E-state index contributed by atoms with van der Waals surface area (Å²) in [6.45, 7) is 5.29. The molecule has 1 aromatic carbocycles. The number of nitrogens with one attached hydrogen (secondary N) is 3. The SMILES string of the molecule is CC(=O)Nc1cc(C(=O)NCCC(=O)Nc2cccc(C)n2)ccc1C. The fourth-order valence-electron chi connectivity index (χ4n) is 2.30. The Bertz CT molecular complexity index is 833. The molecule has 136 valence electrons. The minimum atomic E-state index is -0.307. The van der Waals surface area contributed by atoms with Crippen molar-refractivity contribution in [3.63, 3.8) is 0 Å². The summed E-state index contributed by atoms with van der Waals surface area (Å²) in [5.74, 6) is -0.253. The van der Waals surface area contributed by atoms with Crippen LogP contribution < -0.4 is 16.0 Å². The van der Waals surface area contributed by atoms with E-state index in [1.54, 1.807) is 24.3 Å². The highest BCUT2D eigenvalue weighted by Crippen LogP contribution is 2.16. The average molecular weight is 354 g/mol. The normalized spacial score (nSPS) is 10.1. The highest BCUT2D eigenvalue weighted by molar-refractivity contribution is 5.97. The molecule has 0 saturated heterocycles. The van der Waals surface area contributed by atoms with Crippen molar-refractivity contribution < 1.29 is 14.4 Å². The summed E-state index contributed by atoms with van der Waals surface area (Å²) in [6.07, 6.45) is 0.131. The van der Waals surface area contributed by atoms with Gasteiger partial charge in [0.25, 0.3) is 5.91 Å².